The Hall–Kier alpha value is -2.14. The van der Waals surface area contributed by atoms with Crippen molar-refractivity contribution in [3.8, 4) is 6.07 Å². The molecule has 0 unspecified atom stereocenters. The van der Waals surface area contributed by atoms with Crippen LogP contribution in [0.15, 0.2) is 18.2 Å². The maximum absolute atomic E-state index is 12.9. The summed E-state index contributed by atoms with van der Waals surface area (Å²) in [6.07, 6.45) is 0.0665. The van der Waals surface area contributed by atoms with Gasteiger partial charge in [0.05, 0.1) is 24.1 Å². The fourth-order valence-corrected chi connectivity index (χ4v) is 2.56. The number of halogens is 1. The van der Waals surface area contributed by atoms with Gasteiger partial charge in [0.1, 0.15) is 11.9 Å². The second-order valence-corrected chi connectivity index (χ2v) is 5.74. The summed E-state index contributed by atoms with van der Waals surface area (Å²) in [5.74, 6) is -1.43. The van der Waals surface area contributed by atoms with Crippen LogP contribution in [0, 0.1) is 17.1 Å². The van der Waals surface area contributed by atoms with E-state index in [1.165, 1.54) is 13.2 Å². The molecule has 0 aliphatic heterocycles. The third kappa shape index (κ3) is 4.85. The van der Waals surface area contributed by atoms with Gasteiger partial charge in [-0.05, 0) is 24.6 Å². The van der Waals surface area contributed by atoms with E-state index in [-0.39, 0.29) is 29.8 Å². The smallest absolute Gasteiger partial charge is 0.305 e. The molecule has 0 heterocycles. The van der Waals surface area contributed by atoms with Crippen molar-refractivity contribution in [1.82, 2.24) is 0 Å². The number of ether oxygens (including phenoxy) is 1. The third-order valence-electron chi connectivity index (χ3n) is 2.39. The second kappa shape index (κ2) is 6.86. The first-order valence-corrected chi connectivity index (χ1v) is 7.30. The Morgan fingerprint density at radius 1 is 1.50 bits per heavy atom. The van der Waals surface area contributed by atoms with Crippen molar-refractivity contribution in [3.05, 3.63) is 29.6 Å². The van der Waals surface area contributed by atoms with E-state index in [0.29, 0.717) is 0 Å². The maximum atomic E-state index is 12.9. The highest BCUT2D eigenvalue weighted by molar-refractivity contribution is 7.92. The average molecular weight is 300 g/mol. The highest BCUT2D eigenvalue weighted by atomic mass is 32.2. The molecule has 1 aromatic carbocycles. The summed E-state index contributed by atoms with van der Waals surface area (Å²) in [6.45, 7) is 0. The monoisotopic (exact) mass is 300 g/mol. The average Bonchev–Trinajstić information content (AvgIpc) is 2.40. The Labute approximate surface area is 116 Å². The number of methoxy groups -OCH3 is 1. The fraction of sp³-hybridized carbons (Fsp3) is 0.333. The van der Waals surface area contributed by atoms with Gasteiger partial charge in [0.15, 0.2) is 0 Å². The minimum Gasteiger partial charge on any atom is -0.469 e. The van der Waals surface area contributed by atoms with Crippen molar-refractivity contribution in [3.63, 3.8) is 0 Å². The molecule has 0 atom stereocenters. The highest BCUT2D eigenvalue weighted by Crippen LogP contribution is 2.17. The molecule has 0 saturated carbocycles. The lowest BCUT2D eigenvalue weighted by Crippen LogP contribution is -2.18. The Kier molecular flexibility index (Phi) is 5.46. The van der Waals surface area contributed by atoms with Crippen molar-refractivity contribution in [2.24, 2.45) is 0 Å². The molecule has 0 radical (unpaired) electrons. The van der Waals surface area contributed by atoms with Crippen LogP contribution in [0.1, 0.15) is 18.4 Å². The van der Waals surface area contributed by atoms with Gasteiger partial charge < -0.3 is 4.74 Å². The summed E-state index contributed by atoms with van der Waals surface area (Å²) in [4.78, 5) is 10.9. The number of carbonyl (C=O) groups excluding carboxylic acids is 1. The van der Waals surface area contributed by atoms with Crippen LogP contribution in [-0.4, -0.2) is 27.2 Å². The number of anilines is 1. The van der Waals surface area contributed by atoms with Gasteiger partial charge in [-0.1, -0.05) is 0 Å². The second-order valence-electron chi connectivity index (χ2n) is 3.90. The minimum absolute atomic E-state index is 0.00645. The number of nitrogens with one attached hydrogen (secondary N) is 1. The van der Waals surface area contributed by atoms with E-state index in [2.05, 4.69) is 9.46 Å². The predicted octanol–water partition coefficient (Wildman–Crippen LogP) is 1.39. The molecule has 0 spiro atoms. The highest BCUT2D eigenvalue weighted by Gasteiger charge is 2.14. The molecule has 0 bridgehead atoms. The number of esters is 1. The summed E-state index contributed by atoms with van der Waals surface area (Å²) in [6, 6.07) is 4.86. The van der Waals surface area contributed by atoms with E-state index in [4.69, 9.17) is 5.26 Å². The summed E-state index contributed by atoms with van der Waals surface area (Å²) >= 11 is 0. The first-order chi connectivity index (χ1) is 9.38. The number of rotatable bonds is 6. The normalized spacial score (nSPS) is 10.7. The van der Waals surface area contributed by atoms with E-state index in [0.717, 1.165) is 12.1 Å². The molecule has 6 nitrogen and oxygen atoms in total. The van der Waals surface area contributed by atoms with Gasteiger partial charge in [0.2, 0.25) is 10.0 Å². The van der Waals surface area contributed by atoms with Crippen LogP contribution in [-0.2, 0) is 19.6 Å². The van der Waals surface area contributed by atoms with Crippen LogP contribution in [0.25, 0.3) is 0 Å². The number of carbonyl (C=O) groups is 1. The quantitative estimate of drug-likeness (QED) is 0.801. The largest absolute Gasteiger partial charge is 0.469 e. The van der Waals surface area contributed by atoms with E-state index in [1.807, 2.05) is 0 Å². The molecule has 0 fully saturated rings. The molecule has 0 amide bonds. The zero-order chi connectivity index (χ0) is 15.2. The van der Waals surface area contributed by atoms with Crippen molar-refractivity contribution in [1.29, 1.82) is 5.26 Å². The molecule has 1 rings (SSSR count). The first kappa shape index (κ1) is 15.9. The van der Waals surface area contributed by atoms with E-state index in [9.17, 15) is 17.6 Å². The van der Waals surface area contributed by atoms with Crippen LogP contribution in [0.3, 0.4) is 0 Å². The number of hydrogen-bond donors (Lipinski definition) is 1. The van der Waals surface area contributed by atoms with Gasteiger partial charge in [0, 0.05) is 6.42 Å². The lowest BCUT2D eigenvalue weighted by Gasteiger charge is -2.09. The van der Waals surface area contributed by atoms with Crippen molar-refractivity contribution in [2.45, 2.75) is 12.8 Å². The van der Waals surface area contributed by atoms with Crippen LogP contribution in [0.4, 0.5) is 10.1 Å². The number of nitriles is 1. The summed E-state index contributed by atoms with van der Waals surface area (Å²) in [7, 11) is -2.50. The van der Waals surface area contributed by atoms with Crippen molar-refractivity contribution < 1.29 is 22.3 Å². The standard InChI is InChI=1S/C12H13FN2O4S/c1-19-12(16)3-2-6-20(17,18)15-11-5-4-10(13)7-9(11)8-14/h4-5,7,15H,2-3,6H2,1H3. The third-order valence-corrected chi connectivity index (χ3v) is 3.75. The van der Waals surface area contributed by atoms with Crippen LogP contribution >= 0.6 is 0 Å². The molecule has 108 valence electrons. The first-order valence-electron chi connectivity index (χ1n) is 5.65. The van der Waals surface area contributed by atoms with E-state index >= 15 is 0 Å². The summed E-state index contributed by atoms with van der Waals surface area (Å²) < 4.78 is 43.0. The van der Waals surface area contributed by atoms with Crippen molar-refractivity contribution >= 4 is 21.7 Å². The molecule has 0 saturated heterocycles. The Morgan fingerprint density at radius 2 is 2.20 bits per heavy atom. The van der Waals surface area contributed by atoms with Gasteiger partial charge in [-0.25, -0.2) is 12.8 Å². The van der Waals surface area contributed by atoms with E-state index in [1.54, 1.807) is 6.07 Å². The minimum atomic E-state index is -3.72. The zero-order valence-electron chi connectivity index (χ0n) is 10.7. The van der Waals surface area contributed by atoms with Gasteiger partial charge in [-0.3, -0.25) is 9.52 Å². The molecule has 8 heteroatoms. The molecular weight excluding hydrogens is 287 g/mol. The van der Waals surface area contributed by atoms with Crippen LogP contribution in [0.2, 0.25) is 0 Å². The SMILES string of the molecule is COC(=O)CCCS(=O)(=O)Nc1ccc(F)cc1C#N. The zero-order valence-corrected chi connectivity index (χ0v) is 11.5. The van der Waals surface area contributed by atoms with Crippen molar-refractivity contribution in [2.75, 3.05) is 17.6 Å². The van der Waals surface area contributed by atoms with Crippen LogP contribution in [0.5, 0.6) is 0 Å². The molecule has 1 aromatic rings. The molecule has 0 aromatic heterocycles. The molecule has 1 N–H and O–H groups in total. The van der Waals surface area contributed by atoms with Gasteiger partial charge >= 0.3 is 5.97 Å². The molecular formula is C12H13FN2O4S. The van der Waals surface area contributed by atoms with E-state index < -0.39 is 21.8 Å². The molecule has 0 aliphatic carbocycles. The predicted molar refractivity (Wildman–Crippen MR) is 69.8 cm³/mol. The Balaban J connectivity index is 2.72. The Morgan fingerprint density at radius 3 is 2.80 bits per heavy atom. The number of benzene rings is 1. The fourth-order valence-electron chi connectivity index (χ4n) is 1.43. The summed E-state index contributed by atoms with van der Waals surface area (Å²) in [5.41, 5.74) is -0.103. The van der Waals surface area contributed by atoms with Crippen LogP contribution < -0.4 is 4.72 Å². The van der Waals surface area contributed by atoms with Gasteiger partial charge in [-0.15, -0.1) is 0 Å². The lowest BCUT2D eigenvalue weighted by atomic mass is 10.2. The topological polar surface area (TPSA) is 96.3 Å². The molecule has 20 heavy (non-hydrogen) atoms. The Bertz CT molecular complexity index is 637. The summed E-state index contributed by atoms with van der Waals surface area (Å²) in [5, 5.41) is 8.81. The lowest BCUT2D eigenvalue weighted by molar-refractivity contribution is -0.140. The van der Waals surface area contributed by atoms with Gasteiger partial charge in [-0.2, -0.15) is 5.26 Å². The number of hydrogen-bond acceptors (Lipinski definition) is 5. The number of sulfonamides is 1. The number of nitrogens with zero attached hydrogens (tertiary/aromatic N) is 1. The molecule has 0 aliphatic rings. The van der Waals surface area contributed by atoms with Gasteiger partial charge in [0.25, 0.3) is 0 Å². The maximum Gasteiger partial charge on any atom is 0.305 e.